The van der Waals surface area contributed by atoms with Gasteiger partial charge < -0.3 is 19.3 Å². The summed E-state index contributed by atoms with van der Waals surface area (Å²) < 4.78 is 16.1. The summed E-state index contributed by atoms with van der Waals surface area (Å²) in [6.45, 7) is 9.87. The number of esters is 1. The maximum absolute atomic E-state index is 13.0. The van der Waals surface area contributed by atoms with Crippen LogP contribution >= 0.6 is 0 Å². The van der Waals surface area contributed by atoms with Crippen molar-refractivity contribution in [2.75, 3.05) is 6.61 Å². The van der Waals surface area contributed by atoms with Gasteiger partial charge in [-0.1, -0.05) is 30.3 Å². The van der Waals surface area contributed by atoms with E-state index in [-0.39, 0.29) is 19.6 Å². The van der Waals surface area contributed by atoms with E-state index in [9.17, 15) is 14.4 Å². The van der Waals surface area contributed by atoms with Gasteiger partial charge >= 0.3 is 18.2 Å². The Hall–Kier alpha value is -2.61. The van der Waals surface area contributed by atoms with Crippen LogP contribution in [0, 0.1) is 0 Å². The van der Waals surface area contributed by atoms with E-state index in [2.05, 4.69) is 0 Å². The Labute approximate surface area is 184 Å². The predicted octanol–water partition coefficient (Wildman–Crippen LogP) is 4.43. The summed E-state index contributed by atoms with van der Waals surface area (Å²) in [5.41, 5.74) is -1.01. The molecule has 0 radical (unpaired) electrons. The van der Waals surface area contributed by atoms with Crippen molar-refractivity contribution in [3.63, 3.8) is 0 Å². The Morgan fingerprint density at radius 1 is 0.903 bits per heavy atom. The first-order valence-corrected chi connectivity index (χ1v) is 10.4. The summed E-state index contributed by atoms with van der Waals surface area (Å²) in [6, 6.07) is 7.82. The molecule has 1 atom stereocenters. The Kier molecular flexibility index (Phi) is 9.97. The second-order valence-electron chi connectivity index (χ2n) is 9.16. The molecule has 2 amide bonds. The number of aliphatic hydroxyl groups excluding tert-OH is 1. The Bertz CT molecular complexity index is 692. The van der Waals surface area contributed by atoms with Crippen molar-refractivity contribution in [1.82, 2.24) is 4.90 Å². The smallest absolute Gasteiger partial charge is 0.420 e. The minimum atomic E-state index is -1.25. The molecular weight excluding hydrogens is 402 g/mol. The van der Waals surface area contributed by atoms with Gasteiger partial charge in [-0.05, 0) is 66.4 Å². The van der Waals surface area contributed by atoms with E-state index in [1.807, 2.05) is 18.2 Å². The Balaban J connectivity index is 3.16. The fourth-order valence-electron chi connectivity index (χ4n) is 2.58. The van der Waals surface area contributed by atoms with E-state index in [1.54, 1.807) is 53.7 Å². The molecule has 0 aliphatic rings. The SMILES string of the molecule is CC(C)(C)OC(=O)N(C(=O)OC(C)(C)C)[C@@H](CCCCO)C(=O)OCc1ccccc1. The topological polar surface area (TPSA) is 102 Å². The zero-order valence-corrected chi connectivity index (χ0v) is 19.3. The third-order valence-electron chi connectivity index (χ3n) is 3.87. The summed E-state index contributed by atoms with van der Waals surface area (Å²) in [5.74, 6) is -0.751. The molecule has 31 heavy (non-hydrogen) atoms. The van der Waals surface area contributed by atoms with E-state index >= 15 is 0 Å². The number of hydrogen-bond donors (Lipinski definition) is 1. The summed E-state index contributed by atoms with van der Waals surface area (Å²) in [7, 11) is 0. The first-order valence-electron chi connectivity index (χ1n) is 10.4. The van der Waals surface area contributed by atoms with E-state index in [0.717, 1.165) is 5.56 Å². The molecule has 0 fully saturated rings. The van der Waals surface area contributed by atoms with Crippen molar-refractivity contribution in [2.24, 2.45) is 0 Å². The van der Waals surface area contributed by atoms with Gasteiger partial charge in [-0.25, -0.2) is 14.4 Å². The molecule has 0 aliphatic carbocycles. The fraction of sp³-hybridized carbons (Fsp3) is 0.609. The molecule has 0 saturated heterocycles. The van der Waals surface area contributed by atoms with Crippen LogP contribution in [0.25, 0.3) is 0 Å². The van der Waals surface area contributed by atoms with Gasteiger partial charge in [0.2, 0.25) is 0 Å². The normalized spacial score (nSPS) is 12.6. The van der Waals surface area contributed by atoms with Gasteiger partial charge in [0.15, 0.2) is 0 Å². The zero-order valence-electron chi connectivity index (χ0n) is 19.3. The molecule has 0 heterocycles. The molecule has 8 heteroatoms. The van der Waals surface area contributed by atoms with Crippen LogP contribution in [0.15, 0.2) is 30.3 Å². The van der Waals surface area contributed by atoms with Crippen LogP contribution in [-0.4, -0.2) is 52.0 Å². The first kappa shape index (κ1) is 26.4. The molecule has 1 N–H and O–H groups in total. The lowest BCUT2D eigenvalue weighted by Gasteiger charge is -2.32. The van der Waals surface area contributed by atoms with Crippen LogP contribution in [0.3, 0.4) is 0 Å². The minimum absolute atomic E-state index is 0.00729. The minimum Gasteiger partial charge on any atom is -0.459 e. The highest BCUT2D eigenvalue weighted by Crippen LogP contribution is 2.21. The van der Waals surface area contributed by atoms with E-state index in [0.29, 0.717) is 17.7 Å². The molecule has 8 nitrogen and oxygen atoms in total. The second kappa shape index (κ2) is 11.7. The molecule has 0 aliphatic heterocycles. The van der Waals surface area contributed by atoms with Crippen LogP contribution in [0.1, 0.15) is 66.4 Å². The van der Waals surface area contributed by atoms with Gasteiger partial charge in [-0.3, -0.25) is 0 Å². The number of unbranched alkanes of at least 4 members (excludes halogenated alkanes) is 1. The second-order valence-corrected chi connectivity index (χ2v) is 9.16. The van der Waals surface area contributed by atoms with Crippen molar-refractivity contribution in [3.05, 3.63) is 35.9 Å². The molecule has 174 valence electrons. The lowest BCUT2D eigenvalue weighted by Crippen LogP contribution is -2.52. The standard InChI is InChI=1S/C23H35NO7/c1-22(2,3)30-20(27)24(21(28)31-23(4,5)6)18(14-10-11-15-25)19(26)29-16-17-12-8-7-9-13-17/h7-9,12-13,18,25H,10-11,14-16H2,1-6H3/t18-/m0/s1. The van der Waals surface area contributed by atoms with Gasteiger partial charge in [-0.2, -0.15) is 4.90 Å². The largest absolute Gasteiger partial charge is 0.459 e. The summed E-state index contributed by atoms with van der Waals surface area (Å²) in [6.07, 6.45) is -1.09. The quantitative estimate of drug-likeness (QED) is 0.364. The van der Waals surface area contributed by atoms with Gasteiger partial charge in [-0.15, -0.1) is 0 Å². The van der Waals surface area contributed by atoms with E-state index in [1.165, 1.54) is 0 Å². The van der Waals surface area contributed by atoms with Gasteiger partial charge in [0.25, 0.3) is 0 Å². The monoisotopic (exact) mass is 437 g/mol. The number of imide groups is 1. The van der Waals surface area contributed by atoms with Crippen molar-refractivity contribution >= 4 is 18.2 Å². The van der Waals surface area contributed by atoms with Crippen molar-refractivity contribution < 1.29 is 33.7 Å². The highest BCUT2D eigenvalue weighted by molar-refractivity contribution is 5.94. The summed E-state index contributed by atoms with van der Waals surface area (Å²) in [5, 5.41) is 9.12. The number of carbonyl (C=O) groups is 3. The zero-order chi connectivity index (χ0) is 23.7. The van der Waals surface area contributed by atoms with Crippen LogP contribution in [0.2, 0.25) is 0 Å². The van der Waals surface area contributed by atoms with E-state index < -0.39 is 35.4 Å². The average molecular weight is 438 g/mol. The molecule has 1 aromatic carbocycles. The third-order valence-corrected chi connectivity index (χ3v) is 3.87. The number of ether oxygens (including phenoxy) is 3. The molecule has 0 aromatic heterocycles. The maximum atomic E-state index is 13.0. The third kappa shape index (κ3) is 10.3. The van der Waals surface area contributed by atoms with Crippen LogP contribution in [0.4, 0.5) is 9.59 Å². The van der Waals surface area contributed by atoms with Crippen molar-refractivity contribution in [2.45, 2.75) is 84.7 Å². The van der Waals surface area contributed by atoms with Crippen LogP contribution in [-0.2, 0) is 25.6 Å². The molecule has 0 unspecified atom stereocenters. The van der Waals surface area contributed by atoms with Crippen molar-refractivity contribution in [1.29, 1.82) is 0 Å². The molecule has 0 saturated carbocycles. The number of aliphatic hydroxyl groups is 1. The number of carbonyl (C=O) groups excluding carboxylic acids is 3. The lowest BCUT2D eigenvalue weighted by molar-refractivity contribution is -0.151. The van der Waals surface area contributed by atoms with Gasteiger partial charge in [0, 0.05) is 6.61 Å². The number of hydrogen-bond acceptors (Lipinski definition) is 7. The number of benzene rings is 1. The van der Waals surface area contributed by atoms with E-state index in [4.69, 9.17) is 19.3 Å². The highest BCUT2D eigenvalue weighted by Gasteiger charge is 2.40. The number of amides is 2. The van der Waals surface area contributed by atoms with Gasteiger partial charge in [0.1, 0.15) is 23.9 Å². The molecule has 0 spiro atoms. The predicted molar refractivity (Wildman–Crippen MR) is 115 cm³/mol. The summed E-state index contributed by atoms with van der Waals surface area (Å²) in [4.78, 5) is 39.4. The fourth-order valence-corrected chi connectivity index (χ4v) is 2.58. The first-order chi connectivity index (χ1) is 14.3. The molecular formula is C23H35NO7. The van der Waals surface area contributed by atoms with Crippen LogP contribution < -0.4 is 0 Å². The summed E-state index contributed by atoms with van der Waals surface area (Å²) >= 11 is 0. The molecule has 0 bridgehead atoms. The highest BCUT2D eigenvalue weighted by atomic mass is 16.6. The van der Waals surface area contributed by atoms with Gasteiger partial charge in [0.05, 0.1) is 0 Å². The van der Waals surface area contributed by atoms with Crippen molar-refractivity contribution in [3.8, 4) is 0 Å². The Morgan fingerprint density at radius 2 is 1.42 bits per heavy atom. The Morgan fingerprint density at radius 3 is 1.87 bits per heavy atom. The average Bonchev–Trinajstić information content (AvgIpc) is 2.63. The molecule has 1 rings (SSSR count). The van der Waals surface area contributed by atoms with Crippen LogP contribution in [0.5, 0.6) is 0 Å². The lowest BCUT2D eigenvalue weighted by atomic mass is 10.1. The number of nitrogens with zero attached hydrogens (tertiary/aromatic N) is 1. The molecule has 1 aromatic rings. The number of rotatable bonds is 8. The maximum Gasteiger partial charge on any atom is 0.420 e.